The summed E-state index contributed by atoms with van der Waals surface area (Å²) in [6.07, 6.45) is 0.172. The zero-order chi connectivity index (χ0) is 12.0. The second kappa shape index (κ2) is 5.56. The van der Waals surface area contributed by atoms with E-state index >= 15 is 0 Å². The van der Waals surface area contributed by atoms with Crippen LogP contribution in [0.4, 0.5) is 0 Å². The fourth-order valence-electron chi connectivity index (χ4n) is 1.11. The number of carboxylic acids is 2. The van der Waals surface area contributed by atoms with E-state index in [4.69, 9.17) is 10.2 Å². The summed E-state index contributed by atoms with van der Waals surface area (Å²) in [7, 11) is 0. The second-order valence-electron chi connectivity index (χ2n) is 3.05. The van der Waals surface area contributed by atoms with Gasteiger partial charge >= 0.3 is 11.9 Å². The molecule has 1 rings (SSSR count). The van der Waals surface area contributed by atoms with Gasteiger partial charge in [-0.05, 0) is 12.1 Å². The molecule has 0 amide bonds. The van der Waals surface area contributed by atoms with Crippen LogP contribution in [0.25, 0.3) is 0 Å². The van der Waals surface area contributed by atoms with Gasteiger partial charge < -0.3 is 10.2 Å². The van der Waals surface area contributed by atoms with Gasteiger partial charge in [-0.15, -0.1) is 0 Å². The van der Waals surface area contributed by atoms with Gasteiger partial charge in [0.2, 0.25) is 0 Å². The molecule has 1 aromatic carbocycles. The normalized spacial score (nSPS) is 9.00. The summed E-state index contributed by atoms with van der Waals surface area (Å²) in [5.74, 6) is 3.34. The number of hydrogen-bond acceptors (Lipinski definition) is 2. The number of rotatable bonds is 3. The Hall–Kier alpha value is -2.28. The molecule has 0 aromatic heterocycles. The molecule has 0 spiro atoms. The molecule has 0 aliphatic heterocycles. The van der Waals surface area contributed by atoms with Crippen LogP contribution >= 0.6 is 0 Å². The highest BCUT2D eigenvalue weighted by atomic mass is 16.4. The Labute approximate surface area is 92.5 Å². The molecule has 0 saturated carbocycles. The van der Waals surface area contributed by atoms with Gasteiger partial charge in [-0.1, -0.05) is 24.0 Å². The summed E-state index contributed by atoms with van der Waals surface area (Å²) in [5.41, 5.74) is 0.533. The number of benzene rings is 1. The fourth-order valence-corrected chi connectivity index (χ4v) is 1.11. The number of hydrogen-bond donors (Lipinski definition) is 2. The van der Waals surface area contributed by atoms with Crippen molar-refractivity contribution >= 4 is 11.9 Å². The van der Waals surface area contributed by atoms with Crippen molar-refractivity contribution in [2.24, 2.45) is 0 Å². The van der Waals surface area contributed by atoms with Gasteiger partial charge in [0.05, 0.1) is 12.0 Å². The Kier molecular flexibility index (Phi) is 4.10. The van der Waals surface area contributed by atoms with Gasteiger partial charge in [0.25, 0.3) is 0 Å². The number of carbonyl (C=O) groups is 2. The first-order chi connectivity index (χ1) is 7.61. The molecule has 0 radical (unpaired) electrons. The van der Waals surface area contributed by atoms with Crippen LogP contribution in [0, 0.1) is 11.8 Å². The van der Waals surface area contributed by atoms with E-state index in [2.05, 4.69) is 11.8 Å². The molecule has 4 nitrogen and oxygen atoms in total. The van der Waals surface area contributed by atoms with Crippen LogP contribution in [0.1, 0.15) is 28.8 Å². The van der Waals surface area contributed by atoms with Crippen molar-refractivity contribution in [3.8, 4) is 11.8 Å². The van der Waals surface area contributed by atoms with E-state index < -0.39 is 11.9 Å². The zero-order valence-corrected chi connectivity index (χ0v) is 8.43. The highest BCUT2D eigenvalue weighted by Gasteiger charge is 2.05. The topological polar surface area (TPSA) is 74.6 Å². The molecule has 0 aliphatic rings. The van der Waals surface area contributed by atoms with E-state index in [1.54, 1.807) is 18.2 Å². The van der Waals surface area contributed by atoms with Crippen molar-refractivity contribution in [3.63, 3.8) is 0 Å². The van der Waals surface area contributed by atoms with Crippen molar-refractivity contribution in [2.75, 3.05) is 0 Å². The number of aliphatic carboxylic acids is 1. The number of carboxylic acid groups (broad SMARTS) is 2. The molecular weight excluding hydrogens is 208 g/mol. The van der Waals surface area contributed by atoms with Crippen LogP contribution in [-0.4, -0.2) is 22.2 Å². The summed E-state index contributed by atoms with van der Waals surface area (Å²) in [4.78, 5) is 21.0. The monoisotopic (exact) mass is 218 g/mol. The van der Waals surface area contributed by atoms with E-state index in [-0.39, 0.29) is 18.4 Å². The lowest BCUT2D eigenvalue weighted by Gasteiger charge is -1.96. The zero-order valence-electron chi connectivity index (χ0n) is 8.43. The van der Waals surface area contributed by atoms with E-state index in [9.17, 15) is 9.59 Å². The van der Waals surface area contributed by atoms with E-state index in [1.165, 1.54) is 6.07 Å². The summed E-state index contributed by atoms with van der Waals surface area (Å²) >= 11 is 0. The predicted octanol–water partition coefficient (Wildman–Crippen LogP) is 1.60. The SMILES string of the molecule is O=C(O)CCC#Cc1ccccc1C(=O)O. The summed E-state index contributed by atoms with van der Waals surface area (Å²) in [6.45, 7) is 0. The molecule has 0 fully saturated rings. The van der Waals surface area contributed by atoms with Crippen LogP contribution in [0.5, 0.6) is 0 Å². The van der Waals surface area contributed by atoms with E-state index in [1.807, 2.05) is 0 Å². The largest absolute Gasteiger partial charge is 0.481 e. The molecule has 0 bridgehead atoms. The first kappa shape index (κ1) is 11.8. The van der Waals surface area contributed by atoms with Crippen LogP contribution in [-0.2, 0) is 4.79 Å². The summed E-state index contributed by atoms with van der Waals surface area (Å²) < 4.78 is 0. The van der Waals surface area contributed by atoms with Crippen LogP contribution in [0.15, 0.2) is 24.3 Å². The average molecular weight is 218 g/mol. The predicted molar refractivity (Wildman–Crippen MR) is 57.1 cm³/mol. The molecule has 0 aliphatic carbocycles. The lowest BCUT2D eigenvalue weighted by atomic mass is 10.1. The molecule has 0 unspecified atom stereocenters. The van der Waals surface area contributed by atoms with Crippen molar-refractivity contribution in [1.29, 1.82) is 0 Å². The van der Waals surface area contributed by atoms with E-state index in [0.29, 0.717) is 5.56 Å². The summed E-state index contributed by atoms with van der Waals surface area (Å²) in [6, 6.07) is 6.36. The molecule has 0 atom stereocenters. The van der Waals surface area contributed by atoms with Gasteiger partial charge in [-0.2, -0.15) is 0 Å². The summed E-state index contributed by atoms with van der Waals surface area (Å²) in [5, 5.41) is 17.2. The first-order valence-corrected chi connectivity index (χ1v) is 4.64. The third kappa shape index (κ3) is 3.46. The third-order valence-electron chi connectivity index (χ3n) is 1.84. The van der Waals surface area contributed by atoms with Crippen molar-refractivity contribution < 1.29 is 19.8 Å². The Balaban J connectivity index is 2.80. The molecule has 82 valence electrons. The van der Waals surface area contributed by atoms with Crippen molar-refractivity contribution in [3.05, 3.63) is 35.4 Å². The second-order valence-corrected chi connectivity index (χ2v) is 3.05. The highest BCUT2D eigenvalue weighted by molar-refractivity contribution is 5.90. The maximum atomic E-state index is 10.8. The molecule has 4 heteroatoms. The number of aromatic carboxylic acids is 1. The van der Waals surface area contributed by atoms with Gasteiger partial charge in [0.1, 0.15) is 0 Å². The maximum Gasteiger partial charge on any atom is 0.336 e. The minimum atomic E-state index is -1.04. The van der Waals surface area contributed by atoms with Gasteiger partial charge in [-0.25, -0.2) is 4.79 Å². The molecule has 0 saturated heterocycles. The minimum absolute atomic E-state index is 0.0394. The molecule has 16 heavy (non-hydrogen) atoms. The van der Waals surface area contributed by atoms with Crippen LogP contribution in [0.2, 0.25) is 0 Å². The van der Waals surface area contributed by atoms with E-state index in [0.717, 1.165) is 0 Å². The van der Waals surface area contributed by atoms with Gasteiger partial charge in [-0.3, -0.25) is 4.79 Å². The molecule has 2 N–H and O–H groups in total. The molecule has 0 heterocycles. The van der Waals surface area contributed by atoms with Crippen LogP contribution < -0.4 is 0 Å². The maximum absolute atomic E-state index is 10.8. The Morgan fingerprint density at radius 2 is 1.88 bits per heavy atom. The quantitative estimate of drug-likeness (QED) is 0.755. The average Bonchev–Trinajstić information content (AvgIpc) is 2.24. The molecular formula is C12H10O4. The standard InChI is InChI=1S/C12H10O4/c13-11(14)8-4-2-6-9-5-1-3-7-10(9)12(15)16/h1,3,5,7H,4,8H2,(H,13,14)(H,15,16). The van der Waals surface area contributed by atoms with Crippen molar-refractivity contribution in [2.45, 2.75) is 12.8 Å². The Bertz CT molecular complexity index is 465. The van der Waals surface area contributed by atoms with Gasteiger partial charge in [0, 0.05) is 12.0 Å². The first-order valence-electron chi connectivity index (χ1n) is 4.64. The minimum Gasteiger partial charge on any atom is -0.481 e. The fraction of sp³-hybridized carbons (Fsp3) is 0.167. The third-order valence-corrected chi connectivity index (χ3v) is 1.84. The smallest absolute Gasteiger partial charge is 0.336 e. The lowest BCUT2D eigenvalue weighted by Crippen LogP contribution is -1.99. The Morgan fingerprint density at radius 1 is 1.19 bits per heavy atom. The van der Waals surface area contributed by atoms with Gasteiger partial charge in [0.15, 0.2) is 0 Å². The highest BCUT2D eigenvalue weighted by Crippen LogP contribution is 2.06. The lowest BCUT2D eigenvalue weighted by molar-refractivity contribution is -0.136. The molecule has 1 aromatic rings. The Morgan fingerprint density at radius 3 is 2.50 bits per heavy atom. The van der Waals surface area contributed by atoms with Crippen LogP contribution in [0.3, 0.4) is 0 Å². The van der Waals surface area contributed by atoms with Crippen molar-refractivity contribution in [1.82, 2.24) is 0 Å².